The molecule has 1 aromatic heterocycles. The summed E-state index contributed by atoms with van der Waals surface area (Å²) in [6.45, 7) is 1.91. The van der Waals surface area contributed by atoms with E-state index < -0.39 is 0 Å². The zero-order valence-corrected chi connectivity index (χ0v) is 11.4. The highest BCUT2D eigenvalue weighted by molar-refractivity contribution is 9.11. The van der Waals surface area contributed by atoms with Crippen molar-refractivity contribution in [2.75, 3.05) is 32.5 Å². The second kappa shape index (κ2) is 5.68. The molecule has 1 N–H and O–H groups in total. The van der Waals surface area contributed by atoms with Crippen LogP contribution in [0.5, 0.6) is 0 Å². The van der Waals surface area contributed by atoms with Crippen molar-refractivity contribution in [3.8, 4) is 0 Å². The summed E-state index contributed by atoms with van der Waals surface area (Å²) >= 11 is 6.89. The van der Waals surface area contributed by atoms with Crippen molar-refractivity contribution in [3.05, 3.63) is 21.3 Å². The number of pyridine rings is 1. The Balaban J connectivity index is 2.58. The molecule has 0 aliphatic rings. The SMILES string of the molecule is CN(C)CCNc1c(Br)cncc1Br. The second-order valence-electron chi connectivity index (χ2n) is 3.21. The lowest BCUT2D eigenvalue weighted by Gasteiger charge is -2.13. The van der Waals surface area contributed by atoms with Crippen LogP contribution in [0.3, 0.4) is 0 Å². The van der Waals surface area contributed by atoms with Gasteiger partial charge in [-0.05, 0) is 46.0 Å². The summed E-state index contributed by atoms with van der Waals surface area (Å²) in [5, 5.41) is 3.34. The molecule has 0 bridgehead atoms. The molecule has 0 aromatic carbocycles. The van der Waals surface area contributed by atoms with Crippen molar-refractivity contribution >= 4 is 37.5 Å². The average Bonchev–Trinajstić information content (AvgIpc) is 2.09. The van der Waals surface area contributed by atoms with Crippen LogP contribution in [0.2, 0.25) is 0 Å². The number of hydrogen-bond donors (Lipinski definition) is 1. The van der Waals surface area contributed by atoms with Gasteiger partial charge in [0, 0.05) is 25.5 Å². The fourth-order valence-corrected chi connectivity index (χ4v) is 2.19. The third-order valence-electron chi connectivity index (χ3n) is 1.71. The monoisotopic (exact) mass is 321 g/mol. The predicted molar refractivity (Wildman–Crippen MR) is 66.7 cm³/mol. The minimum atomic E-state index is 0.911. The van der Waals surface area contributed by atoms with E-state index in [2.05, 4.69) is 61.2 Å². The third kappa shape index (κ3) is 3.55. The van der Waals surface area contributed by atoms with E-state index in [0.29, 0.717) is 0 Å². The van der Waals surface area contributed by atoms with Crippen LogP contribution in [0.15, 0.2) is 21.3 Å². The molecule has 0 aliphatic carbocycles. The molecule has 0 fully saturated rings. The quantitative estimate of drug-likeness (QED) is 0.923. The number of halogens is 2. The van der Waals surface area contributed by atoms with Crippen LogP contribution >= 0.6 is 31.9 Å². The highest BCUT2D eigenvalue weighted by atomic mass is 79.9. The van der Waals surface area contributed by atoms with Crippen LogP contribution in [-0.2, 0) is 0 Å². The van der Waals surface area contributed by atoms with E-state index in [1.54, 1.807) is 12.4 Å². The fourth-order valence-electron chi connectivity index (χ4n) is 0.985. The summed E-state index contributed by atoms with van der Waals surface area (Å²) in [5.74, 6) is 0. The summed E-state index contributed by atoms with van der Waals surface area (Å²) in [4.78, 5) is 6.18. The Morgan fingerprint density at radius 3 is 2.36 bits per heavy atom. The molecule has 0 amide bonds. The summed E-state index contributed by atoms with van der Waals surface area (Å²) in [7, 11) is 4.11. The third-order valence-corrected chi connectivity index (χ3v) is 2.92. The minimum absolute atomic E-state index is 0.911. The maximum absolute atomic E-state index is 4.04. The Bertz CT molecular complexity index is 282. The Hall–Kier alpha value is -0.130. The van der Waals surface area contributed by atoms with Gasteiger partial charge < -0.3 is 10.2 Å². The van der Waals surface area contributed by atoms with E-state index in [0.717, 1.165) is 27.7 Å². The molecule has 0 atom stereocenters. The molecule has 14 heavy (non-hydrogen) atoms. The maximum atomic E-state index is 4.04. The van der Waals surface area contributed by atoms with Crippen LogP contribution in [0.25, 0.3) is 0 Å². The Morgan fingerprint density at radius 1 is 1.29 bits per heavy atom. The van der Waals surface area contributed by atoms with Gasteiger partial charge in [-0.25, -0.2) is 0 Å². The molecule has 78 valence electrons. The summed E-state index contributed by atoms with van der Waals surface area (Å²) in [6, 6.07) is 0. The lowest BCUT2D eigenvalue weighted by Crippen LogP contribution is -2.21. The van der Waals surface area contributed by atoms with Gasteiger partial charge >= 0.3 is 0 Å². The lowest BCUT2D eigenvalue weighted by molar-refractivity contribution is 0.425. The Morgan fingerprint density at radius 2 is 1.86 bits per heavy atom. The van der Waals surface area contributed by atoms with E-state index >= 15 is 0 Å². The van der Waals surface area contributed by atoms with Gasteiger partial charge in [0.2, 0.25) is 0 Å². The Kier molecular flexibility index (Phi) is 4.84. The summed E-state index contributed by atoms with van der Waals surface area (Å²) < 4.78 is 1.95. The molecule has 1 rings (SSSR count). The standard InChI is InChI=1S/C9H13Br2N3/c1-14(2)4-3-13-9-7(10)5-12-6-8(9)11/h5-6H,3-4H2,1-2H3,(H,12,13). The van der Waals surface area contributed by atoms with Gasteiger partial charge in [0.1, 0.15) is 0 Å². The molecule has 0 aliphatic heterocycles. The number of anilines is 1. The number of likely N-dealkylation sites (N-methyl/N-ethyl adjacent to an activating group) is 1. The largest absolute Gasteiger partial charge is 0.382 e. The van der Waals surface area contributed by atoms with E-state index in [-0.39, 0.29) is 0 Å². The summed E-state index contributed by atoms with van der Waals surface area (Å²) in [6.07, 6.45) is 3.56. The fraction of sp³-hybridized carbons (Fsp3) is 0.444. The van der Waals surface area contributed by atoms with Gasteiger partial charge in [0.15, 0.2) is 0 Å². The van der Waals surface area contributed by atoms with Crippen LogP contribution < -0.4 is 5.32 Å². The second-order valence-corrected chi connectivity index (χ2v) is 4.92. The first kappa shape index (κ1) is 11.9. The van der Waals surface area contributed by atoms with Crippen molar-refractivity contribution in [1.82, 2.24) is 9.88 Å². The molecule has 0 radical (unpaired) electrons. The molecule has 3 nitrogen and oxygen atoms in total. The van der Waals surface area contributed by atoms with Crippen LogP contribution in [0.1, 0.15) is 0 Å². The number of nitrogens with one attached hydrogen (secondary N) is 1. The van der Waals surface area contributed by atoms with E-state index in [1.807, 2.05) is 0 Å². The van der Waals surface area contributed by atoms with Crippen molar-refractivity contribution in [2.24, 2.45) is 0 Å². The number of hydrogen-bond acceptors (Lipinski definition) is 3. The van der Waals surface area contributed by atoms with Gasteiger partial charge in [-0.2, -0.15) is 0 Å². The van der Waals surface area contributed by atoms with Crippen LogP contribution in [-0.4, -0.2) is 37.1 Å². The van der Waals surface area contributed by atoms with Gasteiger partial charge in [0.25, 0.3) is 0 Å². The zero-order valence-electron chi connectivity index (χ0n) is 8.22. The molecule has 0 spiro atoms. The van der Waals surface area contributed by atoms with Gasteiger partial charge in [-0.15, -0.1) is 0 Å². The first-order chi connectivity index (χ1) is 6.61. The highest BCUT2D eigenvalue weighted by Crippen LogP contribution is 2.28. The molecule has 5 heteroatoms. The topological polar surface area (TPSA) is 28.2 Å². The lowest BCUT2D eigenvalue weighted by atomic mass is 10.4. The van der Waals surface area contributed by atoms with Gasteiger partial charge in [0.05, 0.1) is 14.6 Å². The van der Waals surface area contributed by atoms with Crippen molar-refractivity contribution in [2.45, 2.75) is 0 Å². The predicted octanol–water partition coefficient (Wildman–Crippen LogP) is 2.58. The highest BCUT2D eigenvalue weighted by Gasteiger charge is 2.03. The first-order valence-electron chi connectivity index (χ1n) is 4.29. The van der Waals surface area contributed by atoms with Crippen LogP contribution in [0.4, 0.5) is 5.69 Å². The van der Waals surface area contributed by atoms with Gasteiger partial charge in [-0.3, -0.25) is 4.98 Å². The molecular weight excluding hydrogens is 310 g/mol. The van der Waals surface area contributed by atoms with Crippen LogP contribution in [0, 0.1) is 0 Å². The molecular formula is C9H13Br2N3. The number of rotatable bonds is 4. The number of nitrogens with zero attached hydrogens (tertiary/aromatic N) is 2. The van der Waals surface area contributed by atoms with Gasteiger partial charge in [-0.1, -0.05) is 0 Å². The summed E-state index contributed by atoms with van der Waals surface area (Å²) in [5.41, 5.74) is 1.06. The smallest absolute Gasteiger partial charge is 0.0661 e. The first-order valence-corrected chi connectivity index (χ1v) is 5.87. The molecule has 0 saturated heterocycles. The maximum Gasteiger partial charge on any atom is 0.0661 e. The number of aromatic nitrogens is 1. The molecule has 0 unspecified atom stereocenters. The average molecular weight is 323 g/mol. The van der Waals surface area contributed by atoms with Crippen molar-refractivity contribution in [3.63, 3.8) is 0 Å². The van der Waals surface area contributed by atoms with E-state index in [9.17, 15) is 0 Å². The van der Waals surface area contributed by atoms with E-state index in [4.69, 9.17) is 0 Å². The zero-order chi connectivity index (χ0) is 10.6. The molecule has 1 heterocycles. The molecule has 1 aromatic rings. The minimum Gasteiger partial charge on any atom is -0.382 e. The van der Waals surface area contributed by atoms with Crippen molar-refractivity contribution in [1.29, 1.82) is 0 Å². The van der Waals surface area contributed by atoms with Crippen molar-refractivity contribution < 1.29 is 0 Å². The van der Waals surface area contributed by atoms with E-state index in [1.165, 1.54) is 0 Å². The normalized spacial score (nSPS) is 10.6. The Labute approximate surface area is 101 Å². The molecule has 0 saturated carbocycles.